The number of aryl methyl sites for hydroxylation is 1. The molecule has 6 nitrogen and oxygen atoms in total. The van der Waals surface area contributed by atoms with Crippen LogP contribution in [0, 0.1) is 6.92 Å². The number of rotatable bonds is 7. The quantitative estimate of drug-likeness (QED) is 0.262. The number of Topliss-reactive ketones (excluding diaryl/α,β-unsaturated/α-hetero) is 1. The van der Waals surface area contributed by atoms with Crippen molar-refractivity contribution >= 4 is 49.3 Å². The lowest BCUT2D eigenvalue weighted by Gasteiger charge is -2.14. The minimum Gasteiger partial charge on any atom is -0.298 e. The molecule has 0 radical (unpaired) electrons. The number of hydrogen-bond acceptors (Lipinski definition) is 6. The van der Waals surface area contributed by atoms with Gasteiger partial charge in [-0.2, -0.15) is 0 Å². The number of aromatic nitrogens is 2. The van der Waals surface area contributed by atoms with Gasteiger partial charge in [-0.15, -0.1) is 11.3 Å². The lowest BCUT2D eigenvalue weighted by molar-refractivity contribution is -0.116. The summed E-state index contributed by atoms with van der Waals surface area (Å²) in [6.45, 7) is 1.99. The van der Waals surface area contributed by atoms with Gasteiger partial charge in [-0.05, 0) is 65.9 Å². The molecule has 186 valence electrons. The Morgan fingerprint density at radius 1 is 0.973 bits per heavy atom. The Morgan fingerprint density at radius 3 is 2.38 bits per heavy atom. The number of fused-ring (bicyclic) bond motifs is 1. The number of carbonyl (C=O) groups is 1. The molecule has 9 heteroatoms. The maximum absolute atomic E-state index is 13.4. The molecule has 3 aromatic heterocycles. The molecule has 5 rings (SSSR count). The average Bonchev–Trinajstić information content (AvgIpc) is 3.32. The largest absolute Gasteiger partial charge is 0.298 e. The van der Waals surface area contributed by atoms with Crippen molar-refractivity contribution in [2.75, 3.05) is 5.75 Å². The number of pyridine rings is 2. The molecular formula is C28H21ClN2O4S2. The van der Waals surface area contributed by atoms with Gasteiger partial charge in [-0.1, -0.05) is 41.4 Å². The Kier molecular flexibility index (Phi) is 6.81. The molecule has 0 aliphatic heterocycles. The van der Waals surface area contributed by atoms with E-state index in [0.29, 0.717) is 21.0 Å². The number of carbonyl (C=O) groups excluding carboxylic acids is 1. The zero-order valence-electron chi connectivity index (χ0n) is 19.7. The normalized spacial score (nSPS) is 11.6. The Bertz CT molecular complexity index is 1790. The first-order chi connectivity index (χ1) is 17.7. The third-order valence-electron chi connectivity index (χ3n) is 5.99. The summed E-state index contributed by atoms with van der Waals surface area (Å²) in [7, 11) is -3.74. The summed E-state index contributed by atoms with van der Waals surface area (Å²) in [5.41, 5.74) is 4.04. The molecule has 0 unspecified atom stereocenters. The van der Waals surface area contributed by atoms with Crippen LogP contribution in [0.4, 0.5) is 0 Å². The summed E-state index contributed by atoms with van der Waals surface area (Å²) in [5, 5.41) is 1.46. The topological polar surface area (TPSA) is 86.1 Å². The fourth-order valence-corrected chi connectivity index (χ4v) is 7.02. The third kappa shape index (κ3) is 5.27. The van der Waals surface area contributed by atoms with E-state index in [1.54, 1.807) is 41.2 Å². The van der Waals surface area contributed by atoms with Crippen LogP contribution in [-0.2, 0) is 21.1 Å². The molecule has 0 saturated carbocycles. The van der Waals surface area contributed by atoms with E-state index in [4.69, 9.17) is 11.6 Å². The number of thiophene rings is 1. The third-order valence-corrected chi connectivity index (χ3v) is 9.47. The van der Waals surface area contributed by atoms with Gasteiger partial charge < -0.3 is 0 Å². The number of ketones is 1. The highest BCUT2D eigenvalue weighted by molar-refractivity contribution is 7.94. The molecule has 0 fully saturated rings. The van der Waals surface area contributed by atoms with Crippen molar-refractivity contribution in [2.24, 2.45) is 0 Å². The molecule has 5 aromatic rings. The SMILES string of the molecule is Cc1ccc2c(=O)n(-c3ccc(CC(=O)CS(=O)(=O)c4ccc(Cl)s4)cc3)cc(-c3ccncc3)c2c1. The van der Waals surface area contributed by atoms with Gasteiger partial charge in [-0.3, -0.25) is 19.1 Å². The predicted octanol–water partition coefficient (Wildman–Crippen LogP) is 5.66. The predicted molar refractivity (Wildman–Crippen MR) is 148 cm³/mol. The van der Waals surface area contributed by atoms with E-state index in [0.717, 1.165) is 33.4 Å². The molecule has 0 aliphatic carbocycles. The van der Waals surface area contributed by atoms with Crippen LogP contribution < -0.4 is 5.56 Å². The minimum atomic E-state index is -3.74. The highest BCUT2D eigenvalue weighted by Crippen LogP contribution is 2.29. The molecule has 0 amide bonds. The first-order valence-corrected chi connectivity index (χ1v) is 14.2. The first kappa shape index (κ1) is 25.1. The Hall–Kier alpha value is -3.59. The van der Waals surface area contributed by atoms with Crippen molar-refractivity contribution < 1.29 is 13.2 Å². The van der Waals surface area contributed by atoms with Crippen LogP contribution in [0.25, 0.3) is 27.6 Å². The molecule has 0 N–H and O–H groups in total. The highest BCUT2D eigenvalue weighted by Gasteiger charge is 2.21. The van der Waals surface area contributed by atoms with Crippen molar-refractivity contribution in [1.29, 1.82) is 0 Å². The lowest BCUT2D eigenvalue weighted by Crippen LogP contribution is -2.19. The summed E-state index contributed by atoms with van der Waals surface area (Å²) < 4.78 is 27.0. The van der Waals surface area contributed by atoms with E-state index in [1.807, 2.05) is 43.5 Å². The zero-order chi connectivity index (χ0) is 26.2. The van der Waals surface area contributed by atoms with E-state index >= 15 is 0 Å². The number of halogens is 1. The van der Waals surface area contributed by atoms with Gasteiger partial charge in [0.15, 0.2) is 15.6 Å². The van der Waals surface area contributed by atoms with Crippen LogP contribution in [-0.4, -0.2) is 29.5 Å². The van der Waals surface area contributed by atoms with Crippen LogP contribution in [0.1, 0.15) is 11.1 Å². The highest BCUT2D eigenvalue weighted by atomic mass is 35.5. The monoisotopic (exact) mass is 548 g/mol. The molecular weight excluding hydrogens is 528 g/mol. The van der Waals surface area contributed by atoms with Crippen molar-refractivity contribution in [3.63, 3.8) is 0 Å². The fourth-order valence-electron chi connectivity index (χ4n) is 4.21. The van der Waals surface area contributed by atoms with Crippen LogP contribution >= 0.6 is 22.9 Å². The van der Waals surface area contributed by atoms with Crippen molar-refractivity contribution in [2.45, 2.75) is 17.6 Å². The van der Waals surface area contributed by atoms with Crippen molar-refractivity contribution in [1.82, 2.24) is 9.55 Å². The second kappa shape index (κ2) is 10.0. The minimum absolute atomic E-state index is 0.0349. The maximum Gasteiger partial charge on any atom is 0.262 e. The van der Waals surface area contributed by atoms with E-state index in [-0.39, 0.29) is 16.2 Å². The summed E-state index contributed by atoms with van der Waals surface area (Å²) in [6, 6.07) is 19.5. The van der Waals surface area contributed by atoms with Crippen molar-refractivity contribution in [3.05, 3.63) is 111 Å². The summed E-state index contributed by atoms with van der Waals surface area (Å²) in [4.78, 5) is 30.0. The fraction of sp³-hybridized carbons (Fsp3) is 0.107. The van der Waals surface area contributed by atoms with Crippen LogP contribution in [0.5, 0.6) is 0 Å². The Labute approximate surface area is 222 Å². The van der Waals surface area contributed by atoms with Crippen LogP contribution in [0.3, 0.4) is 0 Å². The van der Waals surface area contributed by atoms with Crippen LogP contribution in [0.2, 0.25) is 4.34 Å². The summed E-state index contributed by atoms with van der Waals surface area (Å²) >= 11 is 6.77. The Morgan fingerprint density at radius 2 is 1.70 bits per heavy atom. The molecule has 0 atom stereocenters. The second-order valence-electron chi connectivity index (χ2n) is 8.70. The average molecular weight is 549 g/mol. The number of nitrogens with zero attached hydrogens (tertiary/aromatic N) is 2. The van der Waals surface area contributed by atoms with E-state index in [9.17, 15) is 18.0 Å². The van der Waals surface area contributed by atoms with Gasteiger partial charge in [0.05, 0.1) is 4.34 Å². The number of benzene rings is 2. The molecule has 0 bridgehead atoms. The molecule has 0 saturated heterocycles. The van der Waals surface area contributed by atoms with Gasteiger partial charge in [0.2, 0.25) is 0 Å². The smallest absolute Gasteiger partial charge is 0.262 e. The standard InChI is InChI=1S/C28H21ClN2O4S2/c1-18-2-7-23-24(14-18)25(20-10-12-30-13-11-20)16-31(28(23)33)21-5-3-19(4-6-21)15-22(32)17-37(34,35)27-9-8-26(29)36-27/h2-14,16H,15,17H2,1H3. The number of hydrogen-bond donors (Lipinski definition) is 0. The summed E-state index contributed by atoms with van der Waals surface area (Å²) in [5.74, 6) is -1.01. The van der Waals surface area contributed by atoms with Gasteiger partial charge in [0.1, 0.15) is 9.96 Å². The molecule has 0 spiro atoms. The molecule has 2 aromatic carbocycles. The van der Waals surface area contributed by atoms with Gasteiger partial charge in [0.25, 0.3) is 5.56 Å². The second-order valence-corrected chi connectivity index (χ2v) is 12.6. The van der Waals surface area contributed by atoms with Gasteiger partial charge >= 0.3 is 0 Å². The molecule has 0 aliphatic rings. The zero-order valence-corrected chi connectivity index (χ0v) is 22.1. The molecule has 3 heterocycles. The van der Waals surface area contributed by atoms with E-state index in [1.165, 1.54) is 12.1 Å². The first-order valence-electron chi connectivity index (χ1n) is 11.4. The summed E-state index contributed by atoms with van der Waals surface area (Å²) in [6.07, 6.45) is 5.21. The maximum atomic E-state index is 13.4. The van der Waals surface area contributed by atoms with E-state index in [2.05, 4.69) is 4.98 Å². The number of sulfone groups is 1. The van der Waals surface area contributed by atoms with Gasteiger partial charge in [-0.25, -0.2) is 8.42 Å². The lowest BCUT2D eigenvalue weighted by atomic mass is 9.99. The van der Waals surface area contributed by atoms with E-state index < -0.39 is 21.4 Å². The van der Waals surface area contributed by atoms with Crippen molar-refractivity contribution in [3.8, 4) is 16.8 Å². The Balaban J connectivity index is 1.45. The van der Waals surface area contributed by atoms with Crippen LogP contribution in [0.15, 0.2) is 94.3 Å². The van der Waals surface area contributed by atoms with Gasteiger partial charge in [0, 0.05) is 41.6 Å². The molecule has 37 heavy (non-hydrogen) atoms.